The Balaban J connectivity index is 2.12. The van der Waals surface area contributed by atoms with Gasteiger partial charge < -0.3 is 5.32 Å². The zero-order chi connectivity index (χ0) is 15.9. The maximum Gasteiger partial charge on any atom is 0.259 e. The number of hydrogen-bond acceptors (Lipinski definition) is 2. The van der Waals surface area contributed by atoms with Gasteiger partial charge in [-0.3, -0.25) is 14.5 Å². The van der Waals surface area contributed by atoms with Crippen LogP contribution in [0.5, 0.6) is 0 Å². The predicted octanol–water partition coefficient (Wildman–Crippen LogP) is 3.83. The third kappa shape index (κ3) is 2.31. The van der Waals surface area contributed by atoms with Gasteiger partial charge in [-0.25, -0.2) is 0 Å². The van der Waals surface area contributed by atoms with Crippen molar-refractivity contribution in [2.45, 2.75) is 19.4 Å². The molecule has 1 N–H and O–H groups in total. The minimum atomic E-state index is -0.960. The Hall–Kier alpha value is -2.14. The summed E-state index contributed by atoms with van der Waals surface area (Å²) in [7, 11) is 0. The number of para-hydroxylation sites is 2. The lowest BCUT2D eigenvalue weighted by molar-refractivity contribution is -0.120. The number of carbonyl (C=O) groups is 2. The molecule has 1 aliphatic heterocycles. The van der Waals surface area contributed by atoms with Crippen LogP contribution in [0.2, 0.25) is 0 Å². The summed E-state index contributed by atoms with van der Waals surface area (Å²) < 4.78 is 0.903. The number of benzene rings is 2. The first-order valence-corrected chi connectivity index (χ1v) is 7.71. The molecule has 2 aromatic carbocycles. The maximum atomic E-state index is 13.0. The molecule has 0 radical (unpaired) electrons. The molecule has 0 atom stereocenters. The Kier molecular flexibility index (Phi) is 3.53. The monoisotopic (exact) mass is 358 g/mol. The van der Waals surface area contributed by atoms with Crippen molar-refractivity contribution < 1.29 is 9.59 Å². The first-order chi connectivity index (χ1) is 10.4. The van der Waals surface area contributed by atoms with Crippen molar-refractivity contribution in [3.63, 3.8) is 0 Å². The third-order valence-corrected chi connectivity index (χ3v) is 4.33. The average Bonchev–Trinajstić information content (AvgIpc) is 2.48. The van der Waals surface area contributed by atoms with E-state index in [0.29, 0.717) is 16.9 Å². The van der Waals surface area contributed by atoms with E-state index >= 15 is 0 Å². The lowest BCUT2D eigenvalue weighted by Crippen LogP contribution is -2.58. The molecule has 0 unspecified atom stereocenters. The lowest BCUT2D eigenvalue weighted by Gasteiger charge is -2.42. The molecule has 22 heavy (non-hydrogen) atoms. The normalized spacial score (nSPS) is 16.0. The van der Waals surface area contributed by atoms with E-state index in [1.54, 1.807) is 36.9 Å². The molecule has 2 amide bonds. The van der Waals surface area contributed by atoms with Crippen LogP contribution in [0.25, 0.3) is 0 Å². The number of carbonyl (C=O) groups excluding carboxylic acids is 2. The second kappa shape index (κ2) is 5.25. The molecule has 0 aliphatic carbocycles. The second-order valence-electron chi connectivity index (χ2n) is 5.68. The van der Waals surface area contributed by atoms with Gasteiger partial charge in [0, 0.05) is 10.0 Å². The van der Waals surface area contributed by atoms with Gasteiger partial charge in [0.1, 0.15) is 5.54 Å². The van der Waals surface area contributed by atoms with Gasteiger partial charge in [0.25, 0.3) is 5.91 Å². The van der Waals surface area contributed by atoms with Gasteiger partial charge in [-0.1, -0.05) is 28.1 Å². The van der Waals surface area contributed by atoms with E-state index in [0.717, 1.165) is 4.47 Å². The molecule has 0 saturated heterocycles. The molecule has 0 fully saturated rings. The fourth-order valence-electron chi connectivity index (χ4n) is 2.54. The number of fused-ring (bicyclic) bond motifs is 1. The number of rotatable bonds is 1. The van der Waals surface area contributed by atoms with E-state index in [9.17, 15) is 9.59 Å². The van der Waals surface area contributed by atoms with Crippen molar-refractivity contribution in [3.05, 3.63) is 58.6 Å². The highest BCUT2D eigenvalue weighted by atomic mass is 79.9. The summed E-state index contributed by atoms with van der Waals surface area (Å²) in [5.74, 6) is -0.392. The fraction of sp³-hybridized carbons (Fsp3) is 0.176. The fourth-order valence-corrected chi connectivity index (χ4v) is 2.80. The molecule has 3 rings (SSSR count). The van der Waals surface area contributed by atoms with Gasteiger partial charge in [-0.15, -0.1) is 0 Å². The summed E-state index contributed by atoms with van der Waals surface area (Å²) >= 11 is 3.36. The van der Waals surface area contributed by atoms with E-state index in [1.807, 2.05) is 30.3 Å². The summed E-state index contributed by atoms with van der Waals surface area (Å²) in [5.41, 5.74) is 0.941. The van der Waals surface area contributed by atoms with Crippen molar-refractivity contribution in [2.75, 3.05) is 10.2 Å². The van der Waals surface area contributed by atoms with Crippen molar-refractivity contribution in [1.82, 2.24) is 0 Å². The molecule has 5 heteroatoms. The topological polar surface area (TPSA) is 49.4 Å². The van der Waals surface area contributed by atoms with Crippen LogP contribution in [0.3, 0.4) is 0 Å². The number of nitrogens with one attached hydrogen (secondary N) is 1. The van der Waals surface area contributed by atoms with Crippen LogP contribution in [0.4, 0.5) is 11.4 Å². The van der Waals surface area contributed by atoms with E-state index in [1.165, 1.54) is 0 Å². The van der Waals surface area contributed by atoms with Crippen molar-refractivity contribution in [1.29, 1.82) is 0 Å². The SMILES string of the molecule is CC1(C)C(=O)Nc2ccccc2N1C(=O)c1ccc(Br)cc1. The summed E-state index contributed by atoms with van der Waals surface area (Å²) in [6.45, 7) is 3.49. The van der Waals surface area contributed by atoms with Crippen LogP contribution in [0.1, 0.15) is 24.2 Å². The molecule has 0 saturated carbocycles. The Labute approximate surface area is 137 Å². The van der Waals surface area contributed by atoms with Gasteiger partial charge in [0.2, 0.25) is 5.91 Å². The van der Waals surface area contributed by atoms with Gasteiger partial charge in [-0.2, -0.15) is 0 Å². The minimum Gasteiger partial charge on any atom is -0.322 e. The summed E-state index contributed by atoms with van der Waals surface area (Å²) in [4.78, 5) is 26.9. The van der Waals surface area contributed by atoms with Gasteiger partial charge >= 0.3 is 0 Å². The summed E-state index contributed by atoms with van der Waals surface area (Å²) in [6.07, 6.45) is 0. The Bertz CT molecular complexity index is 754. The van der Waals surface area contributed by atoms with Gasteiger partial charge in [0.15, 0.2) is 0 Å². The van der Waals surface area contributed by atoms with Crippen molar-refractivity contribution >= 4 is 39.1 Å². The highest BCUT2D eigenvalue weighted by molar-refractivity contribution is 9.10. The average molecular weight is 359 g/mol. The molecule has 1 heterocycles. The summed E-state index contributed by atoms with van der Waals surface area (Å²) in [5, 5.41) is 2.86. The van der Waals surface area contributed by atoms with Crippen LogP contribution in [0, 0.1) is 0 Å². The second-order valence-corrected chi connectivity index (χ2v) is 6.59. The predicted molar refractivity (Wildman–Crippen MR) is 90.1 cm³/mol. The Morgan fingerprint density at radius 1 is 1.09 bits per heavy atom. The van der Waals surface area contributed by atoms with E-state index < -0.39 is 5.54 Å². The number of nitrogens with zero attached hydrogens (tertiary/aromatic N) is 1. The molecule has 4 nitrogen and oxygen atoms in total. The third-order valence-electron chi connectivity index (χ3n) is 3.80. The zero-order valence-corrected chi connectivity index (χ0v) is 13.8. The standard InChI is InChI=1S/C17H15BrN2O2/c1-17(2)16(22)19-13-5-3-4-6-14(13)20(17)15(21)11-7-9-12(18)10-8-11/h3-10H,1-2H3,(H,19,22). The number of hydrogen-bond donors (Lipinski definition) is 1. The largest absolute Gasteiger partial charge is 0.322 e. The van der Waals surface area contributed by atoms with Crippen molar-refractivity contribution in [2.24, 2.45) is 0 Å². The number of amides is 2. The summed E-state index contributed by atoms with van der Waals surface area (Å²) in [6, 6.07) is 14.5. The molecule has 112 valence electrons. The lowest BCUT2D eigenvalue weighted by atomic mass is 9.95. The minimum absolute atomic E-state index is 0.195. The molecular formula is C17H15BrN2O2. The van der Waals surface area contributed by atoms with Crippen LogP contribution in [-0.2, 0) is 4.79 Å². The van der Waals surface area contributed by atoms with Crippen LogP contribution >= 0.6 is 15.9 Å². The molecule has 2 aromatic rings. The maximum absolute atomic E-state index is 13.0. The smallest absolute Gasteiger partial charge is 0.259 e. The van der Waals surface area contributed by atoms with Crippen LogP contribution in [0.15, 0.2) is 53.0 Å². The Morgan fingerprint density at radius 3 is 2.41 bits per heavy atom. The molecular weight excluding hydrogens is 344 g/mol. The highest BCUT2D eigenvalue weighted by Gasteiger charge is 2.43. The zero-order valence-electron chi connectivity index (χ0n) is 12.3. The van der Waals surface area contributed by atoms with Crippen LogP contribution < -0.4 is 10.2 Å². The van der Waals surface area contributed by atoms with E-state index in [2.05, 4.69) is 21.2 Å². The van der Waals surface area contributed by atoms with E-state index in [4.69, 9.17) is 0 Å². The molecule has 0 bridgehead atoms. The van der Waals surface area contributed by atoms with Gasteiger partial charge in [-0.05, 0) is 50.2 Å². The first-order valence-electron chi connectivity index (χ1n) is 6.92. The molecule has 0 spiro atoms. The number of anilines is 2. The van der Waals surface area contributed by atoms with Crippen LogP contribution in [-0.4, -0.2) is 17.4 Å². The Morgan fingerprint density at radius 2 is 1.73 bits per heavy atom. The molecule has 0 aromatic heterocycles. The molecule has 1 aliphatic rings. The van der Waals surface area contributed by atoms with Crippen molar-refractivity contribution in [3.8, 4) is 0 Å². The number of halogens is 1. The van der Waals surface area contributed by atoms with Gasteiger partial charge in [0.05, 0.1) is 11.4 Å². The first kappa shape index (κ1) is 14.8. The van der Waals surface area contributed by atoms with E-state index in [-0.39, 0.29) is 11.8 Å². The quantitative estimate of drug-likeness (QED) is 0.842. The highest BCUT2D eigenvalue weighted by Crippen LogP contribution is 2.37.